The third-order valence-corrected chi connectivity index (χ3v) is 3.35. The highest BCUT2D eigenvalue weighted by atomic mass is 19.4. The number of hydrogen-bond donors (Lipinski definition) is 0. The molecule has 0 fully saturated rings. The van der Waals surface area contributed by atoms with Gasteiger partial charge in [0, 0.05) is 25.0 Å². The van der Waals surface area contributed by atoms with Crippen LogP contribution in [0.5, 0.6) is 5.75 Å². The van der Waals surface area contributed by atoms with Gasteiger partial charge in [-0.2, -0.15) is 13.2 Å². The summed E-state index contributed by atoms with van der Waals surface area (Å²) >= 11 is 0. The number of halogens is 3. The summed E-state index contributed by atoms with van der Waals surface area (Å²) < 4.78 is 44.1. The lowest BCUT2D eigenvalue weighted by molar-refractivity contribution is -0.144. The minimum Gasteiger partial charge on any atom is -0.497 e. The predicted molar refractivity (Wildman–Crippen MR) is 79.3 cm³/mol. The normalized spacial score (nSPS) is 11.7. The van der Waals surface area contributed by atoms with Gasteiger partial charge in [0.25, 0.3) is 0 Å². The van der Waals surface area contributed by atoms with Gasteiger partial charge in [-0.3, -0.25) is 0 Å². The zero-order valence-electron chi connectivity index (χ0n) is 12.7. The van der Waals surface area contributed by atoms with E-state index in [2.05, 4.69) is 9.97 Å². The van der Waals surface area contributed by atoms with Gasteiger partial charge in [0.15, 0.2) is 0 Å². The Balaban J connectivity index is 2.60. The van der Waals surface area contributed by atoms with Gasteiger partial charge >= 0.3 is 6.18 Å². The average molecular weight is 313 g/mol. The molecule has 120 valence electrons. The van der Waals surface area contributed by atoms with Crippen LogP contribution >= 0.6 is 0 Å². The van der Waals surface area contributed by atoms with Crippen molar-refractivity contribution in [2.75, 3.05) is 25.6 Å². The first-order valence-corrected chi connectivity index (χ1v) is 7.01. The van der Waals surface area contributed by atoms with Gasteiger partial charge < -0.3 is 9.64 Å². The minimum atomic E-state index is -4.59. The third kappa shape index (κ3) is 3.40. The van der Waals surface area contributed by atoms with Crippen LogP contribution in [0.4, 0.5) is 19.0 Å². The molecule has 0 aliphatic rings. The lowest BCUT2D eigenvalue weighted by Gasteiger charge is -2.21. The van der Waals surface area contributed by atoms with Crippen LogP contribution in [0.2, 0.25) is 0 Å². The van der Waals surface area contributed by atoms with Gasteiger partial charge in [-0.1, -0.05) is 13.3 Å². The van der Waals surface area contributed by atoms with Gasteiger partial charge in [-0.15, -0.1) is 0 Å². The summed E-state index contributed by atoms with van der Waals surface area (Å²) in [6.07, 6.45) is -2.76. The molecule has 1 heterocycles. The van der Waals surface area contributed by atoms with Gasteiger partial charge in [0.1, 0.15) is 11.6 Å². The molecule has 2 aromatic rings. The molecule has 0 N–H and O–H groups in total. The summed E-state index contributed by atoms with van der Waals surface area (Å²) in [5.74, 6) is -0.387. The SMILES string of the molecule is CCCCN(C)c1nc(C(F)(F)F)nc2cc(OC)ccc12. The number of anilines is 1. The van der Waals surface area contributed by atoms with Crippen molar-refractivity contribution in [2.45, 2.75) is 25.9 Å². The van der Waals surface area contributed by atoms with Crippen molar-refractivity contribution in [2.24, 2.45) is 0 Å². The number of nitrogens with zero attached hydrogens (tertiary/aromatic N) is 3. The number of alkyl halides is 3. The second kappa shape index (κ2) is 6.37. The highest BCUT2D eigenvalue weighted by molar-refractivity contribution is 5.90. The van der Waals surface area contributed by atoms with E-state index < -0.39 is 12.0 Å². The third-order valence-electron chi connectivity index (χ3n) is 3.35. The minimum absolute atomic E-state index is 0.222. The molecule has 0 unspecified atom stereocenters. The first kappa shape index (κ1) is 16.3. The van der Waals surface area contributed by atoms with E-state index in [1.165, 1.54) is 13.2 Å². The molecule has 0 aliphatic carbocycles. The van der Waals surface area contributed by atoms with E-state index in [9.17, 15) is 13.2 Å². The van der Waals surface area contributed by atoms with Crippen molar-refractivity contribution >= 4 is 16.7 Å². The molecule has 7 heteroatoms. The molecular formula is C15H18F3N3O. The van der Waals surface area contributed by atoms with Crippen molar-refractivity contribution in [1.29, 1.82) is 0 Å². The Labute approximate surface area is 126 Å². The maximum Gasteiger partial charge on any atom is 0.451 e. The van der Waals surface area contributed by atoms with E-state index in [4.69, 9.17) is 4.74 Å². The van der Waals surface area contributed by atoms with Gasteiger partial charge in [-0.25, -0.2) is 9.97 Å². The van der Waals surface area contributed by atoms with E-state index in [1.54, 1.807) is 24.1 Å². The zero-order valence-corrected chi connectivity index (χ0v) is 12.7. The van der Waals surface area contributed by atoms with E-state index >= 15 is 0 Å². The highest BCUT2D eigenvalue weighted by Gasteiger charge is 2.36. The van der Waals surface area contributed by atoms with E-state index in [0.29, 0.717) is 17.7 Å². The lowest BCUT2D eigenvalue weighted by Crippen LogP contribution is -2.22. The molecule has 2 rings (SSSR count). The summed E-state index contributed by atoms with van der Waals surface area (Å²) in [5.41, 5.74) is 0.222. The van der Waals surface area contributed by atoms with Crippen molar-refractivity contribution in [1.82, 2.24) is 9.97 Å². The second-order valence-corrected chi connectivity index (χ2v) is 5.03. The number of rotatable bonds is 5. The van der Waals surface area contributed by atoms with Crippen LogP contribution in [-0.4, -0.2) is 30.7 Å². The largest absolute Gasteiger partial charge is 0.497 e. The van der Waals surface area contributed by atoms with Gasteiger partial charge in [0.05, 0.1) is 12.6 Å². The maximum atomic E-state index is 13.0. The number of aromatic nitrogens is 2. The predicted octanol–water partition coefficient (Wildman–Crippen LogP) is 3.89. The van der Waals surface area contributed by atoms with Crippen LogP contribution in [0.25, 0.3) is 10.9 Å². The molecule has 4 nitrogen and oxygen atoms in total. The Bertz CT molecular complexity index is 658. The number of methoxy groups -OCH3 is 1. The smallest absolute Gasteiger partial charge is 0.451 e. The maximum absolute atomic E-state index is 13.0. The standard InChI is InChI=1S/C15H18F3N3O/c1-4-5-8-21(2)13-11-7-6-10(22-3)9-12(11)19-14(20-13)15(16,17)18/h6-7,9H,4-5,8H2,1-3H3. The molecule has 0 spiro atoms. The fourth-order valence-electron chi connectivity index (χ4n) is 2.14. The molecule has 0 amide bonds. The Morgan fingerprint density at radius 3 is 2.55 bits per heavy atom. The van der Waals surface area contributed by atoms with Crippen molar-refractivity contribution < 1.29 is 17.9 Å². The monoisotopic (exact) mass is 313 g/mol. The highest BCUT2D eigenvalue weighted by Crippen LogP contribution is 2.32. The van der Waals surface area contributed by atoms with Crippen LogP contribution in [0.1, 0.15) is 25.6 Å². The molecule has 0 saturated carbocycles. The average Bonchev–Trinajstić information content (AvgIpc) is 2.49. The van der Waals surface area contributed by atoms with Crippen LogP contribution in [0.15, 0.2) is 18.2 Å². The Kier molecular flexibility index (Phi) is 4.73. The fraction of sp³-hybridized carbons (Fsp3) is 0.467. The topological polar surface area (TPSA) is 38.2 Å². The number of unbranched alkanes of at least 4 members (excludes halogenated alkanes) is 1. The Hall–Kier alpha value is -2.05. The molecule has 0 bridgehead atoms. The summed E-state index contributed by atoms with van der Waals surface area (Å²) in [5, 5.41) is 0.576. The molecule has 1 aromatic heterocycles. The van der Waals surface area contributed by atoms with E-state index in [0.717, 1.165) is 12.8 Å². The zero-order chi connectivity index (χ0) is 16.3. The molecule has 0 atom stereocenters. The molecule has 22 heavy (non-hydrogen) atoms. The van der Waals surface area contributed by atoms with E-state index in [-0.39, 0.29) is 11.3 Å². The van der Waals surface area contributed by atoms with Crippen LogP contribution in [-0.2, 0) is 6.18 Å². The second-order valence-electron chi connectivity index (χ2n) is 5.03. The number of benzene rings is 1. The molecule has 0 saturated heterocycles. The summed E-state index contributed by atoms with van der Waals surface area (Å²) in [6.45, 7) is 2.66. The van der Waals surface area contributed by atoms with E-state index in [1.807, 2.05) is 6.92 Å². The number of ether oxygens (including phenoxy) is 1. The summed E-state index contributed by atoms with van der Waals surface area (Å²) in [6, 6.07) is 4.87. The fourth-order valence-corrected chi connectivity index (χ4v) is 2.14. The quantitative estimate of drug-likeness (QED) is 0.839. The van der Waals surface area contributed by atoms with Crippen molar-refractivity contribution in [3.63, 3.8) is 0 Å². The summed E-state index contributed by atoms with van der Waals surface area (Å²) in [4.78, 5) is 9.10. The Morgan fingerprint density at radius 1 is 1.23 bits per heavy atom. The van der Waals surface area contributed by atoms with Crippen LogP contribution < -0.4 is 9.64 Å². The number of hydrogen-bond acceptors (Lipinski definition) is 4. The van der Waals surface area contributed by atoms with Gasteiger partial charge in [-0.05, 0) is 18.6 Å². The first-order chi connectivity index (χ1) is 10.4. The Morgan fingerprint density at radius 2 is 1.95 bits per heavy atom. The van der Waals surface area contributed by atoms with Crippen LogP contribution in [0.3, 0.4) is 0 Å². The van der Waals surface area contributed by atoms with Gasteiger partial charge in [0.2, 0.25) is 5.82 Å². The molecule has 1 aromatic carbocycles. The van der Waals surface area contributed by atoms with Crippen molar-refractivity contribution in [3.05, 3.63) is 24.0 Å². The van der Waals surface area contributed by atoms with Crippen LogP contribution in [0, 0.1) is 0 Å². The lowest BCUT2D eigenvalue weighted by atomic mass is 10.2. The molecule has 0 radical (unpaired) electrons. The molecular weight excluding hydrogens is 295 g/mol. The summed E-state index contributed by atoms with van der Waals surface area (Å²) in [7, 11) is 3.20. The van der Waals surface area contributed by atoms with Crippen molar-refractivity contribution in [3.8, 4) is 5.75 Å². The molecule has 0 aliphatic heterocycles. The number of fused-ring (bicyclic) bond motifs is 1. The first-order valence-electron chi connectivity index (χ1n) is 7.01.